The SMILES string of the molecule is CCCCC(=O)Nc1ccc(NC(=S)NC(=O)c2ccc(OCC)c(Br)c2)cc1OC. The smallest absolute Gasteiger partial charge is 0.257 e. The monoisotopic (exact) mass is 507 g/mol. The molecule has 0 heterocycles. The van der Waals surface area contributed by atoms with Crippen LogP contribution >= 0.6 is 28.1 Å². The molecular formula is C22H26BrN3O4S. The van der Waals surface area contributed by atoms with Gasteiger partial charge in [0.1, 0.15) is 11.5 Å². The van der Waals surface area contributed by atoms with Crippen molar-refractivity contribution in [2.45, 2.75) is 33.1 Å². The second kappa shape index (κ2) is 12.3. The van der Waals surface area contributed by atoms with E-state index < -0.39 is 0 Å². The van der Waals surface area contributed by atoms with Crippen LogP contribution in [0.15, 0.2) is 40.9 Å². The molecule has 0 unspecified atom stereocenters. The fraction of sp³-hybridized carbons (Fsp3) is 0.318. The Bertz CT molecular complexity index is 952. The number of thiocarbonyl (C=S) groups is 1. The maximum Gasteiger partial charge on any atom is 0.257 e. The highest BCUT2D eigenvalue weighted by atomic mass is 79.9. The lowest BCUT2D eigenvalue weighted by molar-refractivity contribution is -0.116. The molecule has 3 N–H and O–H groups in total. The summed E-state index contributed by atoms with van der Waals surface area (Å²) in [5, 5.41) is 8.57. The number of unbranched alkanes of at least 4 members (excludes halogenated alkanes) is 1. The molecular weight excluding hydrogens is 482 g/mol. The summed E-state index contributed by atoms with van der Waals surface area (Å²) < 4.78 is 11.5. The van der Waals surface area contributed by atoms with Gasteiger partial charge in [-0.2, -0.15) is 0 Å². The Morgan fingerprint density at radius 3 is 2.48 bits per heavy atom. The summed E-state index contributed by atoms with van der Waals surface area (Å²) in [6.45, 7) is 4.45. The second-order valence-corrected chi connectivity index (χ2v) is 7.82. The van der Waals surface area contributed by atoms with Gasteiger partial charge in [0.2, 0.25) is 5.91 Å². The van der Waals surface area contributed by atoms with Crippen molar-refractivity contribution < 1.29 is 19.1 Å². The van der Waals surface area contributed by atoms with Crippen LogP contribution in [0.5, 0.6) is 11.5 Å². The Hall–Kier alpha value is -2.65. The first-order chi connectivity index (χ1) is 14.9. The third-order valence-electron chi connectivity index (χ3n) is 4.21. The number of carbonyl (C=O) groups excluding carboxylic acids is 2. The number of ether oxygens (including phenoxy) is 2. The van der Waals surface area contributed by atoms with E-state index in [0.717, 1.165) is 12.8 Å². The predicted octanol–water partition coefficient (Wildman–Crippen LogP) is 5.11. The van der Waals surface area contributed by atoms with Crippen molar-refractivity contribution >= 4 is 56.4 Å². The molecule has 0 aromatic heterocycles. The molecule has 0 bridgehead atoms. The topological polar surface area (TPSA) is 88.7 Å². The minimum atomic E-state index is -0.354. The highest BCUT2D eigenvalue weighted by Gasteiger charge is 2.12. The molecule has 0 aliphatic carbocycles. The van der Waals surface area contributed by atoms with Crippen molar-refractivity contribution in [1.29, 1.82) is 0 Å². The van der Waals surface area contributed by atoms with Crippen LogP contribution in [0.2, 0.25) is 0 Å². The van der Waals surface area contributed by atoms with Crippen LogP contribution < -0.4 is 25.4 Å². The Morgan fingerprint density at radius 1 is 1.06 bits per heavy atom. The Morgan fingerprint density at radius 2 is 1.84 bits per heavy atom. The van der Waals surface area contributed by atoms with E-state index in [1.165, 1.54) is 7.11 Å². The number of benzene rings is 2. The number of carbonyl (C=O) groups is 2. The number of halogens is 1. The third kappa shape index (κ3) is 7.52. The maximum absolute atomic E-state index is 12.5. The van der Waals surface area contributed by atoms with Gasteiger partial charge in [-0.1, -0.05) is 13.3 Å². The molecule has 166 valence electrons. The summed E-state index contributed by atoms with van der Waals surface area (Å²) in [5.41, 5.74) is 1.62. The van der Waals surface area contributed by atoms with Gasteiger partial charge in [-0.05, 0) is 71.8 Å². The highest BCUT2D eigenvalue weighted by Crippen LogP contribution is 2.28. The van der Waals surface area contributed by atoms with E-state index in [1.807, 2.05) is 13.8 Å². The Balaban J connectivity index is 2.00. The molecule has 0 atom stereocenters. The molecule has 2 aromatic carbocycles. The van der Waals surface area contributed by atoms with Crippen LogP contribution in [0.25, 0.3) is 0 Å². The van der Waals surface area contributed by atoms with Gasteiger partial charge in [0.05, 0.1) is 23.9 Å². The fourth-order valence-corrected chi connectivity index (χ4v) is 3.38. The first-order valence-corrected chi connectivity index (χ1v) is 11.1. The normalized spacial score (nSPS) is 10.2. The Kier molecular flexibility index (Phi) is 9.74. The van der Waals surface area contributed by atoms with Gasteiger partial charge < -0.3 is 20.1 Å². The van der Waals surface area contributed by atoms with E-state index in [9.17, 15) is 9.59 Å². The molecule has 9 heteroatoms. The van der Waals surface area contributed by atoms with Crippen LogP contribution in [-0.4, -0.2) is 30.6 Å². The van der Waals surface area contributed by atoms with Crippen LogP contribution in [0.3, 0.4) is 0 Å². The standard InChI is InChI=1S/C22H26BrN3O4S/c1-4-6-7-20(27)25-17-10-9-15(13-19(17)29-3)24-22(31)26-21(28)14-8-11-18(30-5-2)16(23)12-14/h8-13H,4-7H2,1-3H3,(H,25,27)(H2,24,26,28,31). The van der Waals surface area contributed by atoms with Crippen molar-refractivity contribution in [3.63, 3.8) is 0 Å². The summed E-state index contributed by atoms with van der Waals surface area (Å²) in [4.78, 5) is 24.5. The lowest BCUT2D eigenvalue weighted by Crippen LogP contribution is -2.34. The summed E-state index contributed by atoms with van der Waals surface area (Å²) in [5.74, 6) is 0.728. The quantitative estimate of drug-likeness (QED) is 0.408. The third-order valence-corrected chi connectivity index (χ3v) is 5.04. The molecule has 0 radical (unpaired) electrons. The number of rotatable bonds is 9. The van der Waals surface area contributed by atoms with Crippen molar-refractivity contribution in [3.05, 3.63) is 46.4 Å². The van der Waals surface area contributed by atoms with Crippen LogP contribution in [0.1, 0.15) is 43.5 Å². The summed E-state index contributed by atoms with van der Waals surface area (Å²) in [6, 6.07) is 10.2. The van der Waals surface area contributed by atoms with Crippen LogP contribution in [0, 0.1) is 0 Å². The van der Waals surface area contributed by atoms with Crippen LogP contribution in [-0.2, 0) is 4.79 Å². The fourth-order valence-electron chi connectivity index (χ4n) is 2.67. The summed E-state index contributed by atoms with van der Waals surface area (Å²) in [6.07, 6.45) is 2.23. The predicted molar refractivity (Wildman–Crippen MR) is 130 cm³/mol. The molecule has 0 saturated heterocycles. The molecule has 0 aliphatic rings. The van der Waals surface area contributed by atoms with Crippen molar-refractivity contribution in [2.75, 3.05) is 24.4 Å². The number of hydrogen-bond donors (Lipinski definition) is 3. The summed E-state index contributed by atoms with van der Waals surface area (Å²) in [7, 11) is 1.52. The van der Waals surface area contributed by atoms with Gasteiger partial charge in [-0.3, -0.25) is 14.9 Å². The first kappa shape index (κ1) is 24.6. The molecule has 7 nitrogen and oxygen atoms in total. The number of nitrogens with one attached hydrogen (secondary N) is 3. The van der Waals surface area contributed by atoms with Gasteiger partial charge >= 0.3 is 0 Å². The number of anilines is 2. The van der Waals surface area contributed by atoms with E-state index >= 15 is 0 Å². The van der Waals surface area contributed by atoms with E-state index in [2.05, 4.69) is 31.9 Å². The maximum atomic E-state index is 12.5. The second-order valence-electron chi connectivity index (χ2n) is 6.55. The van der Waals surface area contributed by atoms with Gasteiger partial charge in [-0.25, -0.2) is 0 Å². The lowest BCUT2D eigenvalue weighted by atomic mass is 10.2. The molecule has 0 spiro atoms. The Labute approximate surface area is 196 Å². The molecule has 0 fully saturated rings. The first-order valence-electron chi connectivity index (χ1n) is 9.90. The molecule has 0 aliphatic heterocycles. The molecule has 2 amide bonds. The molecule has 31 heavy (non-hydrogen) atoms. The highest BCUT2D eigenvalue weighted by molar-refractivity contribution is 9.10. The van der Waals surface area contributed by atoms with Crippen LogP contribution in [0.4, 0.5) is 11.4 Å². The summed E-state index contributed by atoms with van der Waals surface area (Å²) >= 11 is 8.65. The zero-order valence-electron chi connectivity index (χ0n) is 17.7. The minimum absolute atomic E-state index is 0.0647. The number of amides is 2. The number of methoxy groups -OCH3 is 1. The van der Waals surface area contributed by atoms with Gasteiger partial charge in [-0.15, -0.1) is 0 Å². The van der Waals surface area contributed by atoms with Gasteiger partial charge in [0.15, 0.2) is 5.11 Å². The number of hydrogen-bond acceptors (Lipinski definition) is 5. The molecule has 2 rings (SSSR count). The van der Waals surface area contributed by atoms with Gasteiger partial charge in [0, 0.05) is 23.7 Å². The zero-order valence-corrected chi connectivity index (χ0v) is 20.1. The van der Waals surface area contributed by atoms with E-state index in [4.69, 9.17) is 21.7 Å². The zero-order chi connectivity index (χ0) is 22.8. The molecule has 2 aromatic rings. The van der Waals surface area contributed by atoms with E-state index in [-0.39, 0.29) is 16.9 Å². The minimum Gasteiger partial charge on any atom is -0.494 e. The average molecular weight is 508 g/mol. The lowest BCUT2D eigenvalue weighted by Gasteiger charge is -2.14. The largest absolute Gasteiger partial charge is 0.494 e. The van der Waals surface area contributed by atoms with Crippen molar-refractivity contribution in [1.82, 2.24) is 5.32 Å². The van der Waals surface area contributed by atoms with Crippen molar-refractivity contribution in [2.24, 2.45) is 0 Å². The van der Waals surface area contributed by atoms with E-state index in [1.54, 1.807) is 36.4 Å². The molecule has 0 saturated carbocycles. The average Bonchev–Trinajstić information content (AvgIpc) is 2.74. The van der Waals surface area contributed by atoms with Gasteiger partial charge in [0.25, 0.3) is 5.91 Å². The van der Waals surface area contributed by atoms with E-state index in [0.29, 0.717) is 45.9 Å². The van der Waals surface area contributed by atoms with Crippen molar-refractivity contribution in [3.8, 4) is 11.5 Å².